The molecule has 4 nitrogen and oxygen atoms in total. The SMILES string of the molecule is CSC1CCCC1Nc1ccc(N)c(C(N)=O)c1. The van der Waals surface area contributed by atoms with Crippen molar-refractivity contribution in [2.75, 3.05) is 17.3 Å². The van der Waals surface area contributed by atoms with Gasteiger partial charge in [0, 0.05) is 22.7 Å². The predicted octanol–water partition coefficient (Wildman–Crippen LogP) is 2.06. The molecule has 18 heavy (non-hydrogen) atoms. The Morgan fingerprint density at radius 1 is 1.44 bits per heavy atom. The molecule has 1 aromatic rings. The van der Waals surface area contributed by atoms with Crippen LogP contribution in [0.25, 0.3) is 0 Å². The number of carbonyl (C=O) groups excluding carboxylic acids is 1. The molecule has 5 heteroatoms. The largest absolute Gasteiger partial charge is 0.398 e. The fourth-order valence-electron chi connectivity index (χ4n) is 2.45. The second-order valence-corrected chi connectivity index (χ2v) is 5.70. The van der Waals surface area contributed by atoms with Crippen LogP contribution in [0.2, 0.25) is 0 Å². The summed E-state index contributed by atoms with van der Waals surface area (Å²) in [4.78, 5) is 11.2. The van der Waals surface area contributed by atoms with E-state index in [2.05, 4.69) is 11.6 Å². The lowest BCUT2D eigenvalue weighted by molar-refractivity contribution is 0.100. The zero-order chi connectivity index (χ0) is 13.1. The molecule has 1 aromatic carbocycles. The summed E-state index contributed by atoms with van der Waals surface area (Å²) >= 11 is 1.89. The first-order chi connectivity index (χ1) is 8.61. The molecule has 5 N–H and O–H groups in total. The zero-order valence-corrected chi connectivity index (χ0v) is 11.3. The van der Waals surface area contributed by atoms with Crippen molar-refractivity contribution in [3.63, 3.8) is 0 Å². The van der Waals surface area contributed by atoms with E-state index in [0.717, 1.165) is 5.69 Å². The summed E-state index contributed by atoms with van der Waals surface area (Å²) in [5, 5.41) is 4.12. The highest BCUT2D eigenvalue weighted by Crippen LogP contribution is 2.31. The molecule has 2 rings (SSSR count). The molecule has 1 saturated carbocycles. The van der Waals surface area contributed by atoms with Gasteiger partial charge in [0.15, 0.2) is 0 Å². The molecular weight excluding hydrogens is 246 g/mol. The summed E-state index contributed by atoms with van der Waals surface area (Å²) in [5.74, 6) is -0.482. The maximum atomic E-state index is 11.2. The second kappa shape index (κ2) is 5.52. The molecule has 0 bridgehead atoms. The molecular formula is C13H19N3OS. The lowest BCUT2D eigenvalue weighted by Crippen LogP contribution is -2.26. The first-order valence-electron chi connectivity index (χ1n) is 6.10. The minimum atomic E-state index is -0.482. The average Bonchev–Trinajstić information content (AvgIpc) is 2.78. The van der Waals surface area contributed by atoms with E-state index < -0.39 is 5.91 Å². The number of nitrogens with one attached hydrogen (secondary N) is 1. The molecule has 98 valence electrons. The van der Waals surface area contributed by atoms with Crippen molar-refractivity contribution < 1.29 is 4.79 Å². The molecule has 1 fully saturated rings. The summed E-state index contributed by atoms with van der Waals surface area (Å²) in [6.45, 7) is 0. The van der Waals surface area contributed by atoms with E-state index in [1.807, 2.05) is 17.8 Å². The Kier molecular flexibility index (Phi) is 4.01. The number of rotatable bonds is 4. The van der Waals surface area contributed by atoms with Crippen molar-refractivity contribution in [1.82, 2.24) is 0 Å². The molecule has 1 amide bonds. The highest BCUT2D eigenvalue weighted by atomic mass is 32.2. The minimum absolute atomic E-state index is 0.388. The zero-order valence-electron chi connectivity index (χ0n) is 10.5. The average molecular weight is 265 g/mol. The molecule has 0 heterocycles. The number of carbonyl (C=O) groups is 1. The molecule has 0 radical (unpaired) electrons. The van der Waals surface area contributed by atoms with E-state index in [-0.39, 0.29) is 0 Å². The lowest BCUT2D eigenvalue weighted by atomic mass is 10.1. The molecule has 1 aliphatic carbocycles. The van der Waals surface area contributed by atoms with Crippen LogP contribution in [0.15, 0.2) is 18.2 Å². The number of nitrogen functional groups attached to an aromatic ring is 1. The number of anilines is 2. The number of thioether (sulfide) groups is 1. The van der Waals surface area contributed by atoms with Gasteiger partial charge in [0.1, 0.15) is 0 Å². The molecule has 0 aromatic heterocycles. The molecule has 0 spiro atoms. The van der Waals surface area contributed by atoms with Gasteiger partial charge in [-0.1, -0.05) is 6.42 Å². The van der Waals surface area contributed by atoms with Gasteiger partial charge in [0.25, 0.3) is 5.91 Å². The van der Waals surface area contributed by atoms with Gasteiger partial charge in [-0.15, -0.1) is 0 Å². The van der Waals surface area contributed by atoms with E-state index in [1.54, 1.807) is 12.1 Å². The maximum absolute atomic E-state index is 11.2. The molecule has 2 atom stereocenters. The van der Waals surface area contributed by atoms with Gasteiger partial charge < -0.3 is 16.8 Å². The van der Waals surface area contributed by atoms with Gasteiger partial charge in [0.2, 0.25) is 0 Å². The van der Waals surface area contributed by atoms with Crippen molar-refractivity contribution in [2.24, 2.45) is 5.73 Å². The number of amides is 1. The summed E-state index contributed by atoms with van der Waals surface area (Å²) in [6.07, 6.45) is 5.81. The van der Waals surface area contributed by atoms with Gasteiger partial charge in [-0.25, -0.2) is 0 Å². The van der Waals surface area contributed by atoms with Crippen LogP contribution in [-0.2, 0) is 0 Å². The van der Waals surface area contributed by atoms with Crippen LogP contribution in [0.5, 0.6) is 0 Å². The molecule has 1 aliphatic rings. The summed E-state index contributed by atoms with van der Waals surface area (Å²) in [6, 6.07) is 5.83. The van der Waals surface area contributed by atoms with Gasteiger partial charge >= 0.3 is 0 Å². The Labute approximate surface area is 111 Å². The highest BCUT2D eigenvalue weighted by molar-refractivity contribution is 7.99. The number of hydrogen-bond donors (Lipinski definition) is 3. The lowest BCUT2D eigenvalue weighted by Gasteiger charge is -2.21. The standard InChI is InChI=1S/C13H19N3OS/c1-18-12-4-2-3-11(12)16-8-5-6-10(14)9(7-8)13(15)17/h5-7,11-12,16H,2-4,14H2,1H3,(H2,15,17). The highest BCUT2D eigenvalue weighted by Gasteiger charge is 2.26. The molecule has 0 saturated heterocycles. The van der Waals surface area contributed by atoms with E-state index in [4.69, 9.17) is 11.5 Å². The molecule has 0 aliphatic heterocycles. The van der Waals surface area contributed by atoms with Crippen molar-refractivity contribution in [2.45, 2.75) is 30.6 Å². The van der Waals surface area contributed by atoms with E-state index in [0.29, 0.717) is 22.5 Å². The van der Waals surface area contributed by atoms with Crippen LogP contribution >= 0.6 is 11.8 Å². The van der Waals surface area contributed by atoms with E-state index >= 15 is 0 Å². The van der Waals surface area contributed by atoms with Gasteiger partial charge in [-0.2, -0.15) is 11.8 Å². The first kappa shape index (κ1) is 13.1. The van der Waals surface area contributed by atoms with Crippen LogP contribution < -0.4 is 16.8 Å². The second-order valence-electron chi connectivity index (χ2n) is 4.62. The summed E-state index contributed by atoms with van der Waals surface area (Å²) < 4.78 is 0. The van der Waals surface area contributed by atoms with Gasteiger partial charge in [0.05, 0.1) is 5.56 Å². The van der Waals surface area contributed by atoms with Gasteiger partial charge in [-0.3, -0.25) is 4.79 Å². The number of benzene rings is 1. The van der Waals surface area contributed by atoms with E-state index in [1.165, 1.54) is 19.3 Å². The van der Waals surface area contributed by atoms with Gasteiger partial charge in [-0.05, 0) is 37.3 Å². The Bertz CT molecular complexity index is 450. The fourth-order valence-corrected chi connectivity index (χ4v) is 3.38. The number of nitrogens with two attached hydrogens (primary N) is 2. The number of hydrogen-bond acceptors (Lipinski definition) is 4. The van der Waals surface area contributed by atoms with Crippen LogP contribution in [0.1, 0.15) is 29.6 Å². The Morgan fingerprint density at radius 3 is 2.89 bits per heavy atom. The monoisotopic (exact) mass is 265 g/mol. The van der Waals surface area contributed by atoms with Crippen LogP contribution in [0.4, 0.5) is 11.4 Å². The smallest absolute Gasteiger partial charge is 0.250 e. The Balaban J connectivity index is 2.14. The first-order valence-corrected chi connectivity index (χ1v) is 7.39. The summed E-state index contributed by atoms with van der Waals surface area (Å²) in [7, 11) is 0. The Hall–Kier alpha value is -1.36. The van der Waals surface area contributed by atoms with Crippen molar-refractivity contribution in [3.8, 4) is 0 Å². The van der Waals surface area contributed by atoms with Crippen LogP contribution in [0.3, 0.4) is 0 Å². The van der Waals surface area contributed by atoms with Crippen LogP contribution in [-0.4, -0.2) is 23.5 Å². The van der Waals surface area contributed by atoms with Crippen molar-refractivity contribution in [1.29, 1.82) is 0 Å². The summed E-state index contributed by atoms with van der Waals surface area (Å²) in [5.41, 5.74) is 12.8. The Morgan fingerprint density at radius 2 is 2.22 bits per heavy atom. The van der Waals surface area contributed by atoms with Crippen LogP contribution in [0, 0.1) is 0 Å². The maximum Gasteiger partial charge on any atom is 0.250 e. The topological polar surface area (TPSA) is 81.1 Å². The normalized spacial score (nSPS) is 22.9. The van der Waals surface area contributed by atoms with E-state index in [9.17, 15) is 4.79 Å². The fraction of sp³-hybridized carbons (Fsp3) is 0.462. The quantitative estimate of drug-likeness (QED) is 0.728. The third-order valence-corrected chi connectivity index (χ3v) is 4.60. The third kappa shape index (κ3) is 2.72. The third-order valence-electron chi connectivity index (χ3n) is 3.43. The van der Waals surface area contributed by atoms with Crippen molar-refractivity contribution in [3.05, 3.63) is 23.8 Å². The number of primary amides is 1. The minimum Gasteiger partial charge on any atom is -0.398 e. The predicted molar refractivity (Wildman–Crippen MR) is 77.9 cm³/mol. The molecule has 2 unspecified atom stereocenters. The van der Waals surface area contributed by atoms with Crippen molar-refractivity contribution >= 4 is 29.0 Å².